The van der Waals surface area contributed by atoms with Gasteiger partial charge in [0.15, 0.2) is 5.96 Å². The fourth-order valence-electron chi connectivity index (χ4n) is 3.63. The molecule has 1 unspecified atom stereocenters. The second-order valence-corrected chi connectivity index (χ2v) is 7.58. The molecular weight excluding hydrogens is 326 g/mol. The molecule has 1 atom stereocenters. The van der Waals surface area contributed by atoms with E-state index in [0.717, 1.165) is 64.5 Å². The third-order valence-corrected chi connectivity index (χ3v) is 6.10. The first-order chi connectivity index (χ1) is 12.5. The summed E-state index contributed by atoms with van der Waals surface area (Å²) < 4.78 is 0. The predicted molar refractivity (Wildman–Crippen MR) is 112 cm³/mol. The summed E-state index contributed by atoms with van der Waals surface area (Å²) in [5.41, 5.74) is 0.110. The Balaban J connectivity index is 2.56. The lowest BCUT2D eigenvalue weighted by molar-refractivity contribution is 0.107. The monoisotopic (exact) mass is 369 g/mol. The maximum atomic E-state index is 9.40. The van der Waals surface area contributed by atoms with Crippen molar-refractivity contribution in [3.63, 3.8) is 0 Å². The lowest BCUT2D eigenvalue weighted by Crippen LogP contribution is -2.53. The van der Waals surface area contributed by atoms with Crippen molar-refractivity contribution in [2.24, 2.45) is 10.4 Å². The lowest BCUT2D eigenvalue weighted by Gasteiger charge is -2.37. The second kappa shape index (κ2) is 12.5. The quantitative estimate of drug-likeness (QED) is 0.383. The highest BCUT2D eigenvalue weighted by atomic mass is 16.3. The Kier molecular flexibility index (Phi) is 11.2. The number of nitrogens with zero attached hydrogens (tertiary/aromatic N) is 3. The van der Waals surface area contributed by atoms with Gasteiger partial charge in [0, 0.05) is 58.5 Å². The van der Waals surface area contributed by atoms with E-state index in [2.05, 4.69) is 55.1 Å². The summed E-state index contributed by atoms with van der Waals surface area (Å²) in [5.74, 6) is 0.899. The number of aliphatic hydroxyl groups excluding tert-OH is 1. The fourth-order valence-corrected chi connectivity index (χ4v) is 3.63. The summed E-state index contributed by atoms with van der Waals surface area (Å²) in [7, 11) is 0. The van der Waals surface area contributed by atoms with Crippen molar-refractivity contribution in [1.82, 2.24) is 20.4 Å². The molecule has 3 N–H and O–H groups in total. The molecule has 0 bridgehead atoms. The Bertz CT molecular complexity index is 390. The first kappa shape index (κ1) is 23.2. The van der Waals surface area contributed by atoms with Gasteiger partial charge in [-0.25, -0.2) is 0 Å². The number of hydrogen-bond donors (Lipinski definition) is 3. The minimum absolute atomic E-state index is 0.110. The molecule has 26 heavy (non-hydrogen) atoms. The standard InChI is InChI=1S/C20H43N5O/c1-6-20(7-2,10-15-26)17-23-19(21-8-3)22-16-18(5)25-13-11-24(9-4)12-14-25/h18,26H,6-17H2,1-5H3,(H2,21,22,23). The van der Waals surface area contributed by atoms with E-state index < -0.39 is 0 Å². The molecule has 6 heteroatoms. The van der Waals surface area contributed by atoms with Gasteiger partial charge in [0.05, 0.1) is 0 Å². The first-order valence-corrected chi connectivity index (χ1v) is 10.6. The summed E-state index contributed by atoms with van der Waals surface area (Å²) in [6.45, 7) is 19.6. The van der Waals surface area contributed by atoms with Crippen LogP contribution in [0.3, 0.4) is 0 Å². The molecule has 1 aliphatic heterocycles. The van der Waals surface area contributed by atoms with Crippen molar-refractivity contribution in [2.75, 3.05) is 59.0 Å². The van der Waals surface area contributed by atoms with Crippen LogP contribution in [0.1, 0.15) is 53.9 Å². The Labute approximate surface area is 161 Å². The first-order valence-electron chi connectivity index (χ1n) is 10.6. The summed E-state index contributed by atoms with van der Waals surface area (Å²) >= 11 is 0. The van der Waals surface area contributed by atoms with Gasteiger partial charge in [-0.3, -0.25) is 9.89 Å². The number of aliphatic imine (C=N–C) groups is 1. The van der Waals surface area contributed by atoms with Gasteiger partial charge in [-0.2, -0.15) is 0 Å². The number of guanidine groups is 1. The Morgan fingerprint density at radius 3 is 2.23 bits per heavy atom. The van der Waals surface area contributed by atoms with E-state index in [1.807, 2.05) is 0 Å². The average molecular weight is 370 g/mol. The van der Waals surface area contributed by atoms with Crippen LogP contribution in [0.2, 0.25) is 0 Å². The minimum Gasteiger partial charge on any atom is -0.396 e. The average Bonchev–Trinajstić information content (AvgIpc) is 2.68. The Morgan fingerprint density at radius 2 is 1.73 bits per heavy atom. The van der Waals surface area contributed by atoms with Gasteiger partial charge in [-0.05, 0) is 45.1 Å². The minimum atomic E-state index is 0.110. The summed E-state index contributed by atoms with van der Waals surface area (Å²) in [6, 6.07) is 0.498. The normalized spacial score (nSPS) is 18.8. The third kappa shape index (κ3) is 7.41. The van der Waals surface area contributed by atoms with Crippen molar-refractivity contribution in [1.29, 1.82) is 0 Å². The van der Waals surface area contributed by atoms with Gasteiger partial charge in [0.2, 0.25) is 0 Å². The van der Waals surface area contributed by atoms with Gasteiger partial charge in [0.1, 0.15) is 0 Å². The maximum Gasteiger partial charge on any atom is 0.191 e. The van der Waals surface area contributed by atoms with Crippen molar-refractivity contribution in [3.05, 3.63) is 0 Å². The Hall–Kier alpha value is -0.850. The number of likely N-dealkylation sites (N-methyl/N-ethyl adjacent to an activating group) is 1. The maximum absolute atomic E-state index is 9.40. The molecule has 0 aromatic rings. The van der Waals surface area contributed by atoms with E-state index in [1.165, 1.54) is 13.1 Å². The van der Waals surface area contributed by atoms with E-state index in [-0.39, 0.29) is 12.0 Å². The molecule has 1 aliphatic rings. The van der Waals surface area contributed by atoms with E-state index >= 15 is 0 Å². The molecule has 0 radical (unpaired) electrons. The molecule has 0 aliphatic carbocycles. The van der Waals surface area contributed by atoms with Crippen molar-refractivity contribution >= 4 is 5.96 Å². The Morgan fingerprint density at radius 1 is 1.08 bits per heavy atom. The largest absolute Gasteiger partial charge is 0.396 e. The smallest absolute Gasteiger partial charge is 0.191 e. The number of nitrogens with one attached hydrogen (secondary N) is 2. The number of piperazine rings is 1. The van der Waals surface area contributed by atoms with Crippen LogP contribution < -0.4 is 10.6 Å². The van der Waals surface area contributed by atoms with Crippen LogP contribution in [0.25, 0.3) is 0 Å². The SMILES string of the molecule is CCNC(=NCC(CC)(CC)CCO)NCC(C)N1CCN(CC)CC1. The number of aliphatic hydroxyl groups is 1. The van der Waals surface area contributed by atoms with Gasteiger partial charge in [-0.1, -0.05) is 20.8 Å². The van der Waals surface area contributed by atoms with Gasteiger partial charge >= 0.3 is 0 Å². The molecule has 1 rings (SSSR count). The summed E-state index contributed by atoms with van der Waals surface area (Å²) in [5, 5.41) is 16.3. The molecule has 154 valence electrons. The zero-order valence-corrected chi connectivity index (χ0v) is 17.9. The second-order valence-electron chi connectivity index (χ2n) is 7.58. The van der Waals surface area contributed by atoms with Crippen LogP contribution in [-0.2, 0) is 0 Å². The zero-order chi connectivity index (χ0) is 19.4. The van der Waals surface area contributed by atoms with Crippen molar-refractivity contribution in [2.45, 2.75) is 59.9 Å². The molecule has 0 aromatic heterocycles. The molecule has 1 fully saturated rings. The van der Waals surface area contributed by atoms with E-state index in [9.17, 15) is 5.11 Å². The molecular formula is C20H43N5O. The number of hydrogen-bond acceptors (Lipinski definition) is 4. The van der Waals surface area contributed by atoms with Crippen LogP contribution >= 0.6 is 0 Å². The predicted octanol–water partition coefficient (Wildman–Crippen LogP) is 1.76. The van der Waals surface area contributed by atoms with E-state index in [1.54, 1.807) is 0 Å². The van der Waals surface area contributed by atoms with Crippen LogP contribution in [0.4, 0.5) is 0 Å². The van der Waals surface area contributed by atoms with E-state index in [4.69, 9.17) is 4.99 Å². The highest BCUT2D eigenvalue weighted by Crippen LogP contribution is 2.30. The zero-order valence-electron chi connectivity index (χ0n) is 17.9. The highest BCUT2D eigenvalue weighted by Gasteiger charge is 2.25. The van der Waals surface area contributed by atoms with Gasteiger partial charge < -0.3 is 20.6 Å². The molecule has 6 nitrogen and oxygen atoms in total. The van der Waals surface area contributed by atoms with E-state index in [0.29, 0.717) is 6.04 Å². The molecule has 0 spiro atoms. The molecule has 0 aromatic carbocycles. The highest BCUT2D eigenvalue weighted by molar-refractivity contribution is 5.79. The van der Waals surface area contributed by atoms with Crippen LogP contribution in [0, 0.1) is 5.41 Å². The van der Waals surface area contributed by atoms with Crippen molar-refractivity contribution < 1.29 is 5.11 Å². The number of rotatable bonds is 11. The molecule has 0 amide bonds. The van der Waals surface area contributed by atoms with Gasteiger partial charge in [0.25, 0.3) is 0 Å². The molecule has 0 saturated carbocycles. The lowest BCUT2D eigenvalue weighted by atomic mass is 9.79. The van der Waals surface area contributed by atoms with Crippen LogP contribution in [-0.4, -0.2) is 85.9 Å². The molecule has 1 saturated heterocycles. The van der Waals surface area contributed by atoms with Crippen LogP contribution in [0.5, 0.6) is 0 Å². The van der Waals surface area contributed by atoms with Crippen LogP contribution in [0.15, 0.2) is 4.99 Å². The third-order valence-electron chi connectivity index (χ3n) is 6.10. The summed E-state index contributed by atoms with van der Waals surface area (Å²) in [4.78, 5) is 9.92. The topological polar surface area (TPSA) is 63.1 Å². The van der Waals surface area contributed by atoms with Crippen molar-refractivity contribution in [3.8, 4) is 0 Å². The summed E-state index contributed by atoms with van der Waals surface area (Å²) in [6.07, 6.45) is 2.91. The molecule has 1 heterocycles. The van der Waals surface area contributed by atoms with Gasteiger partial charge in [-0.15, -0.1) is 0 Å². The fraction of sp³-hybridized carbons (Fsp3) is 0.950.